The van der Waals surface area contributed by atoms with Gasteiger partial charge in [-0.2, -0.15) is 0 Å². The van der Waals surface area contributed by atoms with E-state index < -0.39 is 0 Å². The van der Waals surface area contributed by atoms with Crippen molar-refractivity contribution in [3.8, 4) is 0 Å². The Labute approximate surface area is 113 Å². The summed E-state index contributed by atoms with van der Waals surface area (Å²) in [6.45, 7) is 10.6. The molecule has 0 aliphatic carbocycles. The van der Waals surface area contributed by atoms with E-state index in [0.29, 0.717) is 0 Å². The van der Waals surface area contributed by atoms with E-state index in [4.69, 9.17) is 0 Å². The second kappa shape index (κ2) is 8.06. The van der Waals surface area contributed by atoms with E-state index in [-0.39, 0.29) is 0 Å². The highest BCUT2D eigenvalue weighted by Crippen LogP contribution is 2.32. The number of hydrogen-bond acceptors (Lipinski definition) is 0. The second-order valence-corrected chi connectivity index (χ2v) is 5.82. The third-order valence-corrected chi connectivity index (χ3v) is 4.28. The van der Waals surface area contributed by atoms with E-state index in [1.807, 2.05) is 13.0 Å². The maximum Gasteiger partial charge on any atom is -0.0188 e. The van der Waals surface area contributed by atoms with Crippen molar-refractivity contribution in [1.82, 2.24) is 0 Å². The summed E-state index contributed by atoms with van der Waals surface area (Å²) < 4.78 is 0. The highest BCUT2D eigenvalue weighted by Gasteiger charge is 1.99. The van der Waals surface area contributed by atoms with E-state index in [1.165, 1.54) is 34.6 Å². The number of hydrogen-bond donors (Lipinski definition) is 0. The highest BCUT2D eigenvalue weighted by atomic mass is 31.1. The van der Waals surface area contributed by atoms with Gasteiger partial charge in [0.05, 0.1) is 0 Å². The quantitative estimate of drug-likeness (QED) is 0.452. The molecule has 1 heteroatoms. The number of rotatable bonds is 6. The van der Waals surface area contributed by atoms with E-state index in [1.54, 1.807) is 0 Å². The zero-order valence-electron chi connectivity index (χ0n) is 11.7. The second-order valence-electron chi connectivity index (χ2n) is 4.36. The standard InChI is InChI=1S/C17H23P/c1-5-7-8-14(3)16-9-11-17(12-10-16)15(4)18-13-6-2/h5,7-12,18H,4,6,13H2,1-3H3/b7-5-,14-8+. The van der Waals surface area contributed by atoms with Crippen molar-refractivity contribution in [3.05, 3.63) is 60.2 Å². The van der Waals surface area contributed by atoms with Crippen molar-refractivity contribution >= 4 is 19.5 Å². The average molecular weight is 258 g/mol. The van der Waals surface area contributed by atoms with Crippen molar-refractivity contribution < 1.29 is 0 Å². The molecule has 0 nitrogen and oxygen atoms in total. The van der Waals surface area contributed by atoms with Crippen LogP contribution in [0.3, 0.4) is 0 Å². The smallest absolute Gasteiger partial charge is 0.0188 e. The molecule has 0 saturated carbocycles. The first-order valence-electron chi connectivity index (χ1n) is 6.52. The van der Waals surface area contributed by atoms with Crippen molar-refractivity contribution in [2.24, 2.45) is 0 Å². The Hall–Kier alpha value is -1.13. The third-order valence-electron chi connectivity index (χ3n) is 2.82. The third kappa shape index (κ3) is 4.63. The van der Waals surface area contributed by atoms with Crippen molar-refractivity contribution in [2.75, 3.05) is 6.16 Å². The fourth-order valence-corrected chi connectivity index (χ4v) is 2.57. The van der Waals surface area contributed by atoms with Gasteiger partial charge in [0.1, 0.15) is 0 Å². The topological polar surface area (TPSA) is 0 Å². The molecule has 0 N–H and O–H groups in total. The number of allylic oxidation sites excluding steroid dienone is 4. The Morgan fingerprint density at radius 3 is 2.39 bits per heavy atom. The molecule has 0 aliphatic rings. The normalized spacial score (nSPS) is 12.7. The highest BCUT2D eigenvalue weighted by molar-refractivity contribution is 7.50. The van der Waals surface area contributed by atoms with Crippen LogP contribution in [0.2, 0.25) is 0 Å². The Bertz CT molecular complexity index is 435. The minimum atomic E-state index is 0.855. The molecule has 1 rings (SSSR count). The SMILES string of the molecule is C=C(PCCC)c1ccc(/C(C)=C/C=C\C)cc1. The fourth-order valence-electron chi connectivity index (χ4n) is 1.65. The van der Waals surface area contributed by atoms with Gasteiger partial charge in [0, 0.05) is 0 Å². The van der Waals surface area contributed by atoms with Crippen LogP contribution < -0.4 is 0 Å². The maximum atomic E-state index is 4.17. The summed E-state index contributed by atoms with van der Waals surface area (Å²) >= 11 is 0. The Balaban J connectivity index is 2.76. The predicted octanol–water partition coefficient (Wildman–Crippen LogP) is 5.73. The van der Waals surface area contributed by atoms with Crippen LogP contribution in [0.25, 0.3) is 10.9 Å². The first kappa shape index (κ1) is 14.9. The molecule has 1 aromatic rings. The maximum absolute atomic E-state index is 4.17. The zero-order chi connectivity index (χ0) is 13.4. The van der Waals surface area contributed by atoms with E-state index >= 15 is 0 Å². The predicted molar refractivity (Wildman–Crippen MR) is 87.4 cm³/mol. The van der Waals surface area contributed by atoms with Crippen molar-refractivity contribution in [1.29, 1.82) is 0 Å². The lowest BCUT2D eigenvalue weighted by Gasteiger charge is -2.07. The largest absolute Gasteiger partial charge is 0.0910 e. The monoisotopic (exact) mass is 258 g/mol. The minimum Gasteiger partial charge on any atom is -0.0910 e. The molecule has 0 aromatic heterocycles. The van der Waals surface area contributed by atoms with Gasteiger partial charge in [-0.15, -0.1) is 0 Å². The molecule has 0 fully saturated rings. The summed E-state index contributed by atoms with van der Waals surface area (Å²) in [7, 11) is 0.855. The summed E-state index contributed by atoms with van der Waals surface area (Å²) in [4.78, 5) is 0. The van der Waals surface area contributed by atoms with Gasteiger partial charge in [-0.25, -0.2) is 0 Å². The molecule has 0 saturated heterocycles. The Morgan fingerprint density at radius 1 is 1.22 bits per heavy atom. The fraction of sp³-hybridized carbons (Fsp3) is 0.294. The molecule has 0 radical (unpaired) electrons. The first-order chi connectivity index (χ1) is 8.69. The van der Waals surface area contributed by atoms with Gasteiger partial charge in [0.2, 0.25) is 0 Å². The van der Waals surface area contributed by atoms with Crippen LogP contribution in [0.15, 0.2) is 49.1 Å². The zero-order valence-corrected chi connectivity index (χ0v) is 12.7. The summed E-state index contributed by atoms with van der Waals surface area (Å²) in [5.74, 6) is 0. The first-order valence-corrected chi connectivity index (χ1v) is 7.73. The van der Waals surface area contributed by atoms with Gasteiger partial charge < -0.3 is 0 Å². The van der Waals surface area contributed by atoms with Crippen molar-refractivity contribution in [2.45, 2.75) is 27.2 Å². The summed E-state index contributed by atoms with van der Waals surface area (Å²) in [5.41, 5.74) is 3.86. The van der Waals surface area contributed by atoms with Gasteiger partial charge in [-0.05, 0) is 42.0 Å². The average Bonchev–Trinajstić information content (AvgIpc) is 2.42. The molecule has 18 heavy (non-hydrogen) atoms. The lowest BCUT2D eigenvalue weighted by atomic mass is 10.0. The summed E-state index contributed by atoms with van der Waals surface area (Å²) in [5, 5.41) is 1.28. The van der Waals surface area contributed by atoms with Gasteiger partial charge in [0.15, 0.2) is 0 Å². The van der Waals surface area contributed by atoms with E-state index in [2.05, 4.69) is 56.8 Å². The van der Waals surface area contributed by atoms with Crippen LogP contribution in [0.5, 0.6) is 0 Å². The lowest BCUT2D eigenvalue weighted by Crippen LogP contribution is -1.82. The van der Waals surface area contributed by atoms with Crippen molar-refractivity contribution in [3.63, 3.8) is 0 Å². The van der Waals surface area contributed by atoms with E-state index in [0.717, 1.165) is 8.58 Å². The summed E-state index contributed by atoms with van der Waals surface area (Å²) in [6, 6.07) is 8.75. The van der Waals surface area contributed by atoms with Crippen LogP contribution >= 0.6 is 8.58 Å². The van der Waals surface area contributed by atoms with Crippen LogP contribution in [0.4, 0.5) is 0 Å². The lowest BCUT2D eigenvalue weighted by molar-refractivity contribution is 1.11. The van der Waals surface area contributed by atoms with Gasteiger partial charge >= 0.3 is 0 Å². The Kier molecular flexibility index (Phi) is 6.68. The Morgan fingerprint density at radius 2 is 1.83 bits per heavy atom. The van der Waals surface area contributed by atoms with Crippen LogP contribution in [-0.4, -0.2) is 6.16 Å². The molecule has 1 aromatic carbocycles. The van der Waals surface area contributed by atoms with Gasteiger partial charge in [0.25, 0.3) is 0 Å². The molecule has 96 valence electrons. The molecule has 0 spiro atoms. The molecule has 1 atom stereocenters. The van der Waals surface area contributed by atoms with Crippen LogP contribution in [-0.2, 0) is 0 Å². The number of benzene rings is 1. The molecule has 0 heterocycles. The van der Waals surface area contributed by atoms with Crippen LogP contribution in [0.1, 0.15) is 38.3 Å². The molecule has 0 amide bonds. The van der Waals surface area contributed by atoms with E-state index in [9.17, 15) is 0 Å². The van der Waals surface area contributed by atoms with Crippen LogP contribution in [0, 0.1) is 0 Å². The van der Waals surface area contributed by atoms with Gasteiger partial charge in [-0.1, -0.05) is 71.0 Å². The molecule has 0 bridgehead atoms. The summed E-state index contributed by atoms with van der Waals surface area (Å²) in [6.07, 6.45) is 8.75. The molecule has 0 aliphatic heterocycles. The molecule has 1 unspecified atom stereocenters. The minimum absolute atomic E-state index is 0.855. The van der Waals surface area contributed by atoms with Gasteiger partial charge in [-0.3, -0.25) is 0 Å². The molecular formula is C17H23P. The molecular weight excluding hydrogens is 235 g/mol.